The molecule has 1 saturated heterocycles. The number of hydrogen-bond donors (Lipinski definition) is 1. The van der Waals surface area contributed by atoms with E-state index >= 15 is 0 Å². The van der Waals surface area contributed by atoms with Gasteiger partial charge in [-0.25, -0.2) is 4.98 Å². The Hall–Kier alpha value is -2.11. The first-order valence-corrected chi connectivity index (χ1v) is 8.48. The molecule has 1 unspecified atom stereocenters. The fourth-order valence-electron chi connectivity index (χ4n) is 2.85. The Morgan fingerprint density at radius 3 is 2.46 bits per heavy atom. The van der Waals surface area contributed by atoms with Crippen LogP contribution in [-0.4, -0.2) is 48.0 Å². The minimum Gasteiger partial charge on any atom is -0.369 e. The first-order valence-electron chi connectivity index (χ1n) is 8.10. The number of carbonyl (C=O) groups is 1. The van der Waals surface area contributed by atoms with Crippen molar-refractivity contribution in [2.75, 3.05) is 36.4 Å². The topological polar surface area (TPSA) is 48.5 Å². The molecule has 3 rings (SSSR count). The van der Waals surface area contributed by atoms with Crippen LogP contribution >= 0.6 is 11.6 Å². The third-order valence-electron chi connectivity index (χ3n) is 4.34. The van der Waals surface area contributed by atoms with Gasteiger partial charge >= 0.3 is 0 Å². The normalized spacial score (nSPS) is 16.7. The average molecular weight is 345 g/mol. The summed E-state index contributed by atoms with van der Waals surface area (Å²) in [5, 5.41) is 3.40. The van der Waals surface area contributed by atoms with E-state index in [9.17, 15) is 4.79 Å². The summed E-state index contributed by atoms with van der Waals surface area (Å²) >= 11 is 5.81. The number of aromatic nitrogens is 1. The summed E-state index contributed by atoms with van der Waals surface area (Å²) in [5.74, 6) is 0.483. The van der Waals surface area contributed by atoms with Crippen molar-refractivity contribution >= 4 is 29.0 Å². The molecule has 0 saturated carbocycles. The third kappa shape index (κ3) is 4.04. The van der Waals surface area contributed by atoms with Crippen molar-refractivity contribution < 1.29 is 4.79 Å². The number of nitrogens with one attached hydrogen (secondary N) is 1. The van der Waals surface area contributed by atoms with Gasteiger partial charge in [0, 0.05) is 38.1 Å². The van der Waals surface area contributed by atoms with E-state index in [1.54, 1.807) is 12.1 Å². The summed E-state index contributed by atoms with van der Waals surface area (Å²) in [5.41, 5.74) is 1.24. The number of anilines is 2. The Morgan fingerprint density at radius 1 is 1.12 bits per heavy atom. The summed E-state index contributed by atoms with van der Waals surface area (Å²) in [6.07, 6.45) is 1.53. The largest absolute Gasteiger partial charge is 0.369 e. The second-order valence-corrected chi connectivity index (χ2v) is 6.32. The summed E-state index contributed by atoms with van der Waals surface area (Å²) in [6, 6.07) is 13.6. The van der Waals surface area contributed by atoms with Crippen molar-refractivity contribution in [1.82, 2.24) is 9.88 Å². The minimum absolute atomic E-state index is 0.0435. The highest BCUT2D eigenvalue weighted by atomic mass is 35.5. The number of piperazine rings is 1. The van der Waals surface area contributed by atoms with E-state index in [1.165, 1.54) is 11.9 Å². The monoisotopic (exact) mass is 344 g/mol. The van der Waals surface area contributed by atoms with E-state index < -0.39 is 0 Å². The zero-order chi connectivity index (χ0) is 16.9. The number of para-hydroxylation sites is 1. The highest BCUT2D eigenvalue weighted by Gasteiger charge is 2.25. The summed E-state index contributed by atoms with van der Waals surface area (Å²) in [4.78, 5) is 21.1. The Balaban J connectivity index is 1.53. The van der Waals surface area contributed by atoms with Gasteiger partial charge in [-0.2, -0.15) is 0 Å². The second-order valence-electron chi connectivity index (χ2n) is 5.89. The van der Waals surface area contributed by atoms with Gasteiger partial charge in [0.25, 0.3) is 0 Å². The molecule has 1 aliphatic heterocycles. The van der Waals surface area contributed by atoms with Crippen molar-refractivity contribution in [3.8, 4) is 0 Å². The first kappa shape index (κ1) is 16.7. The molecule has 1 N–H and O–H groups in total. The maximum Gasteiger partial charge on any atom is 0.242 e. The molecule has 2 aromatic rings. The zero-order valence-corrected chi connectivity index (χ0v) is 14.4. The van der Waals surface area contributed by atoms with Gasteiger partial charge in [0.05, 0.1) is 11.1 Å². The van der Waals surface area contributed by atoms with Crippen molar-refractivity contribution in [3.05, 3.63) is 53.7 Å². The van der Waals surface area contributed by atoms with Gasteiger partial charge in [0.15, 0.2) is 0 Å². The molecule has 24 heavy (non-hydrogen) atoms. The molecule has 6 heteroatoms. The fourth-order valence-corrected chi connectivity index (χ4v) is 2.96. The molecule has 0 aliphatic carbocycles. The van der Waals surface area contributed by atoms with Gasteiger partial charge in [-0.1, -0.05) is 29.8 Å². The smallest absolute Gasteiger partial charge is 0.242 e. The van der Waals surface area contributed by atoms with Gasteiger partial charge in [0.2, 0.25) is 5.91 Å². The van der Waals surface area contributed by atoms with Crippen molar-refractivity contribution in [1.29, 1.82) is 0 Å². The quantitative estimate of drug-likeness (QED) is 0.926. The van der Waals surface area contributed by atoms with Crippen LogP contribution in [0.25, 0.3) is 0 Å². The Morgan fingerprint density at radius 2 is 1.83 bits per heavy atom. The molecule has 1 fully saturated rings. The molecular weight excluding hydrogens is 324 g/mol. The lowest BCUT2D eigenvalue weighted by Crippen LogP contribution is -2.52. The lowest BCUT2D eigenvalue weighted by molar-refractivity contribution is -0.120. The summed E-state index contributed by atoms with van der Waals surface area (Å²) in [7, 11) is 0. The van der Waals surface area contributed by atoms with Crippen LogP contribution in [0.2, 0.25) is 5.02 Å². The van der Waals surface area contributed by atoms with E-state index in [0.717, 1.165) is 26.2 Å². The minimum atomic E-state index is -0.194. The maximum atomic E-state index is 12.4. The number of amides is 1. The molecule has 0 spiro atoms. The van der Waals surface area contributed by atoms with E-state index in [0.29, 0.717) is 10.8 Å². The fraction of sp³-hybridized carbons (Fsp3) is 0.333. The van der Waals surface area contributed by atoms with E-state index in [2.05, 4.69) is 44.4 Å². The lowest BCUT2D eigenvalue weighted by Gasteiger charge is -2.38. The molecule has 0 bridgehead atoms. The molecule has 1 aromatic heterocycles. The van der Waals surface area contributed by atoms with E-state index in [-0.39, 0.29) is 11.9 Å². The number of benzene rings is 1. The highest BCUT2D eigenvalue weighted by Crippen LogP contribution is 2.17. The number of nitrogens with zero attached hydrogens (tertiary/aromatic N) is 3. The van der Waals surface area contributed by atoms with Gasteiger partial charge < -0.3 is 10.2 Å². The third-order valence-corrected chi connectivity index (χ3v) is 4.57. The predicted molar refractivity (Wildman–Crippen MR) is 97.6 cm³/mol. The standard InChI is InChI=1S/C18H21ClN4O/c1-14(18(24)21-17-8-7-15(19)13-20-17)22-9-11-23(12-10-22)16-5-3-2-4-6-16/h2-8,13-14H,9-12H2,1H3,(H,20,21,24). The zero-order valence-electron chi connectivity index (χ0n) is 13.7. The van der Waals surface area contributed by atoms with Gasteiger partial charge in [0.1, 0.15) is 5.82 Å². The Bertz CT molecular complexity index is 669. The van der Waals surface area contributed by atoms with Gasteiger partial charge in [-0.3, -0.25) is 9.69 Å². The van der Waals surface area contributed by atoms with Crippen LogP contribution in [0.1, 0.15) is 6.92 Å². The van der Waals surface area contributed by atoms with Crippen molar-refractivity contribution in [3.63, 3.8) is 0 Å². The van der Waals surface area contributed by atoms with Crippen LogP contribution in [0, 0.1) is 0 Å². The van der Waals surface area contributed by atoms with Crippen LogP contribution in [0.4, 0.5) is 11.5 Å². The maximum absolute atomic E-state index is 12.4. The van der Waals surface area contributed by atoms with Crippen LogP contribution in [-0.2, 0) is 4.79 Å². The first-order chi connectivity index (χ1) is 11.6. The summed E-state index contributed by atoms with van der Waals surface area (Å²) in [6.45, 7) is 5.49. The van der Waals surface area contributed by atoms with Crippen LogP contribution in [0.5, 0.6) is 0 Å². The Labute approximate surface area is 147 Å². The molecule has 2 heterocycles. The molecule has 1 aromatic carbocycles. The van der Waals surface area contributed by atoms with Gasteiger partial charge in [-0.15, -0.1) is 0 Å². The van der Waals surface area contributed by atoms with Crippen LogP contribution < -0.4 is 10.2 Å². The predicted octanol–water partition coefficient (Wildman–Crippen LogP) is 2.88. The molecule has 126 valence electrons. The molecular formula is C18H21ClN4O. The molecule has 1 aliphatic rings. The second kappa shape index (κ2) is 7.64. The molecule has 1 atom stereocenters. The van der Waals surface area contributed by atoms with Crippen LogP contribution in [0.3, 0.4) is 0 Å². The lowest BCUT2D eigenvalue weighted by atomic mass is 10.2. The highest BCUT2D eigenvalue weighted by molar-refractivity contribution is 6.30. The summed E-state index contributed by atoms with van der Waals surface area (Å²) < 4.78 is 0. The average Bonchev–Trinajstić information content (AvgIpc) is 2.64. The number of hydrogen-bond acceptors (Lipinski definition) is 4. The SMILES string of the molecule is CC(C(=O)Nc1ccc(Cl)cn1)N1CCN(c2ccccc2)CC1. The molecule has 0 radical (unpaired) electrons. The van der Waals surface area contributed by atoms with E-state index in [1.807, 2.05) is 13.0 Å². The number of rotatable bonds is 4. The molecule has 1 amide bonds. The number of carbonyl (C=O) groups excluding carboxylic acids is 1. The molecule has 5 nitrogen and oxygen atoms in total. The Kier molecular flexibility index (Phi) is 5.33. The van der Waals surface area contributed by atoms with Crippen LogP contribution in [0.15, 0.2) is 48.7 Å². The van der Waals surface area contributed by atoms with Crippen molar-refractivity contribution in [2.45, 2.75) is 13.0 Å². The van der Waals surface area contributed by atoms with E-state index in [4.69, 9.17) is 11.6 Å². The number of halogens is 1. The van der Waals surface area contributed by atoms with Gasteiger partial charge in [-0.05, 0) is 31.2 Å². The van der Waals surface area contributed by atoms with Crippen molar-refractivity contribution in [2.24, 2.45) is 0 Å². The number of pyridine rings is 1.